The minimum absolute atomic E-state index is 0.00283. The molecule has 0 bridgehead atoms. The molecular weight excluding hydrogens is 280 g/mol. The van der Waals surface area contributed by atoms with E-state index in [4.69, 9.17) is 10.5 Å². The molecule has 0 aliphatic carbocycles. The third kappa shape index (κ3) is 2.90. The highest BCUT2D eigenvalue weighted by molar-refractivity contribution is 5.76. The van der Waals surface area contributed by atoms with Gasteiger partial charge in [-0.3, -0.25) is 4.79 Å². The van der Waals surface area contributed by atoms with Gasteiger partial charge in [0.05, 0.1) is 12.2 Å². The summed E-state index contributed by atoms with van der Waals surface area (Å²) in [5.74, 6) is 1.39. The Hall–Kier alpha value is -2.50. The van der Waals surface area contributed by atoms with Gasteiger partial charge in [0.15, 0.2) is 0 Å². The van der Waals surface area contributed by atoms with Crippen LogP contribution in [0.5, 0.6) is 5.75 Å². The lowest BCUT2D eigenvalue weighted by molar-refractivity contribution is -0.131. The van der Waals surface area contributed by atoms with Crippen LogP contribution in [0.2, 0.25) is 0 Å². The number of ether oxygens (including phenoxy) is 1. The Kier molecular flexibility index (Phi) is 3.75. The highest BCUT2D eigenvalue weighted by Gasteiger charge is 2.25. The van der Waals surface area contributed by atoms with Gasteiger partial charge >= 0.3 is 0 Å². The number of carbonyl (C=O) groups excluding carboxylic acids is 1. The summed E-state index contributed by atoms with van der Waals surface area (Å²) >= 11 is 0. The van der Waals surface area contributed by atoms with Crippen LogP contribution in [0, 0.1) is 6.92 Å². The average Bonchev–Trinajstić information content (AvgIpc) is 3.01. The molecule has 22 heavy (non-hydrogen) atoms. The van der Waals surface area contributed by atoms with Crippen LogP contribution in [0.1, 0.15) is 11.3 Å². The molecule has 2 N–H and O–H groups in total. The molecule has 116 valence electrons. The fourth-order valence-electron chi connectivity index (χ4n) is 2.70. The maximum absolute atomic E-state index is 12.3. The van der Waals surface area contributed by atoms with Gasteiger partial charge in [0, 0.05) is 19.5 Å². The summed E-state index contributed by atoms with van der Waals surface area (Å²) in [6.45, 7) is 2.55. The fraction of sp³-hybridized carbons (Fsp3) is 0.375. The number of para-hydroxylation sites is 1. The maximum atomic E-state index is 12.3. The normalized spacial score (nSPS) is 16.2. The number of carbonyl (C=O) groups is 1. The van der Waals surface area contributed by atoms with Crippen LogP contribution in [-0.4, -0.2) is 40.3 Å². The monoisotopic (exact) mass is 300 g/mol. The molecule has 2 heterocycles. The number of hydrogen-bond acceptors (Lipinski definition) is 4. The summed E-state index contributed by atoms with van der Waals surface area (Å²) in [4.78, 5) is 14.0. The second-order valence-corrected chi connectivity index (χ2v) is 5.69. The van der Waals surface area contributed by atoms with Gasteiger partial charge in [0.25, 0.3) is 0 Å². The summed E-state index contributed by atoms with van der Waals surface area (Å²) in [6, 6.07) is 9.74. The lowest BCUT2D eigenvalue weighted by Gasteiger charge is -2.21. The van der Waals surface area contributed by atoms with E-state index < -0.39 is 0 Å². The van der Waals surface area contributed by atoms with Crippen molar-refractivity contribution in [2.45, 2.75) is 26.0 Å². The molecule has 1 unspecified atom stereocenters. The Morgan fingerprint density at radius 2 is 2.27 bits per heavy atom. The largest absolute Gasteiger partial charge is 0.488 e. The van der Waals surface area contributed by atoms with Gasteiger partial charge in [-0.1, -0.05) is 18.2 Å². The van der Waals surface area contributed by atoms with Crippen LogP contribution in [0.4, 0.5) is 5.82 Å². The molecule has 0 saturated carbocycles. The van der Waals surface area contributed by atoms with Crippen molar-refractivity contribution in [3.63, 3.8) is 0 Å². The van der Waals surface area contributed by atoms with Crippen LogP contribution in [-0.2, 0) is 17.8 Å². The van der Waals surface area contributed by atoms with Crippen molar-refractivity contribution in [1.29, 1.82) is 0 Å². The van der Waals surface area contributed by atoms with Crippen LogP contribution < -0.4 is 10.5 Å². The first kappa shape index (κ1) is 14.4. The first-order valence-corrected chi connectivity index (χ1v) is 7.31. The van der Waals surface area contributed by atoms with Gasteiger partial charge in [0.1, 0.15) is 24.2 Å². The number of nitrogens with two attached hydrogens (primary N) is 1. The molecule has 1 aliphatic heterocycles. The lowest BCUT2D eigenvalue weighted by atomic mass is 10.1. The number of likely N-dealkylation sites (N-methyl/N-ethyl adjacent to an activating group) is 1. The van der Waals surface area contributed by atoms with Gasteiger partial charge in [0.2, 0.25) is 5.91 Å². The maximum Gasteiger partial charge on any atom is 0.244 e. The van der Waals surface area contributed by atoms with E-state index >= 15 is 0 Å². The van der Waals surface area contributed by atoms with E-state index in [1.165, 1.54) is 10.2 Å². The minimum atomic E-state index is -0.0330. The summed E-state index contributed by atoms with van der Waals surface area (Å²) in [5, 5.41) is 4.21. The zero-order valence-electron chi connectivity index (χ0n) is 12.8. The number of hydrogen-bond donors (Lipinski definition) is 1. The molecule has 0 saturated heterocycles. The number of benzene rings is 1. The third-order valence-corrected chi connectivity index (χ3v) is 3.84. The van der Waals surface area contributed by atoms with E-state index in [-0.39, 0.29) is 18.6 Å². The predicted molar refractivity (Wildman–Crippen MR) is 83.6 cm³/mol. The highest BCUT2D eigenvalue weighted by Crippen LogP contribution is 2.28. The molecule has 1 atom stereocenters. The number of aryl methyl sites for hydroxylation is 1. The molecule has 1 aliphatic rings. The zero-order chi connectivity index (χ0) is 15.7. The van der Waals surface area contributed by atoms with E-state index in [0.717, 1.165) is 17.9 Å². The second-order valence-electron chi connectivity index (χ2n) is 5.69. The van der Waals surface area contributed by atoms with Crippen molar-refractivity contribution in [2.24, 2.45) is 0 Å². The topological polar surface area (TPSA) is 73.4 Å². The summed E-state index contributed by atoms with van der Waals surface area (Å²) < 4.78 is 7.39. The number of fused-ring (bicyclic) bond motifs is 1. The number of nitrogen functional groups attached to an aromatic ring is 1. The van der Waals surface area contributed by atoms with Crippen molar-refractivity contribution in [3.8, 4) is 5.75 Å². The van der Waals surface area contributed by atoms with Crippen molar-refractivity contribution in [3.05, 3.63) is 41.6 Å². The summed E-state index contributed by atoms with van der Waals surface area (Å²) in [6.07, 6.45) is 0.833. The summed E-state index contributed by atoms with van der Waals surface area (Å²) in [5.41, 5.74) is 7.82. The number of aromatic nitrogens is 2. The van der Waals surface area contributed by atoms with Gasteiger partial charge in [-0.05, 0) is 18.6 Å². The minimum Gasteiger partial charge on any atom is -0.488 e. The molecule has 2 aromatic rings. The molecular formula is C16H20N4O2. The van der Waals surface area contributed by atoms with Crippen molar-refractivity contribution in [1.82, 2.24) is 14.7 Å². The van der Waals surface area contributed by atoms with E-state index in [9.17, 15) is 4.79 Å². The molecule has 1 aromatic carbocycles. The molecule has 6 nitrogen and oxygen atoms in total. The molecule has 0 radical (unpaired) electrons. The number of nitrogens with zero attached hydrogens (tertiary/aromatic N) is 3. The quantitative estimate of drug-likeness (QED) is 0.922. The Labute approximate surface area is 129 Å². The predicted octanol–water partition coefficient (Wildman–Crippen LogP) is 1.24. The standard InChI is InChI=1S/C16H20N4O2/c1-11-7-15(17)20(18-11)10-16(21)19(2)9-13-8-12-5-3-4-6-14(12)22-13/h3-7,13H,8-10,17H2,1-2H3. The molecule has 1 amide bonds. The zero-order valence-corrected chi connectivity index (χ0v) is 12.8. The van der Waals surface area contributed by atoms with Crippen LogP contribution >= 0.6 is 0 Å². The van der Waals surface area contributed by atoms with Gasteiger partial charge in [-0.15, -0.1) is 0 Å². The third-order valence-electron chi connectivity index (χ3n) is 3.84. The number of anilines is 1. The van der Waals surface area contributed by atoms with Crippen LogP contribution in [0.25, 0.3) is 0 Å². The Morgan fingerprint density at radius 1 is 1.50 bits per heavy atom. The number of amides is 1. The van der Waals surface area contributed by atoms with E-state index in [1.54, 1.807) is 18.0 Å². The van der Waals surface area contributed by atoms with Gasteiger partial charge in [-0.2, -0.15) is 5.10 Å². The van der Waals surface area contributed by atoms with Crippen LogP contribution in [0.3, 0.4) is 0 Å². The van der Waals surface area contributed by atoms with Crippen molar-refractivity contribution >= 4 is 11.7 Å². The number of rotatable bonds is 4. The van der Waals surface area contributed by atoms with Gasteiger partial charge < -0.3 is 15.4 Å². The SMILES string of the molecule is Cc1cc(N)n(CC(=O)N(C)CC2Cc3ccccc3O2)n1. The first-order valence-electron chi connectivity index (χ1n) is 7.31. The Bertz CT molecular complexity index is 670. The van der Waals surface area contributed by atoms with Crippen LogP contribution in [0.15, 0.2) is 30.3 Å². The van der Waals surface area contributed by atoms with E-state index in [1.807, 2.05) is 25.1 Å². The second kappa shape index (κ2) is 5.71. The molecule has 6 heteroatoms. The fourth-order valence-corrected chi connectivity index (χ4v) is 2.70. The first-order chi connectivity index (χ1) is 10.5. The average molecular weight is 300 g/mol. The van der Waals surface area contributed by atoms with E-state index in [0.29, 0.717) is 12.4 Å². The van der Waals surface area contributed by atoms with Gasteiger partial charge in [-0.25, -0.2) is 4.68 Å². The Morgan fingerprint density at radius 3 is 2.95 bits per heavy atom. The summed E-state index contributed by atoms with van der Waals surface area (Å²) in [7, 11) is 1.78. The molecule has 3 rings (SSSR count). The highest BCUT2D eigenvalue weighted by atomic mass is 16.5. The van der Waals surface area contributed by atoms with Crippen molar-refractivity contribution in [2.75, 3.05) is 19.3 Å². The smallest absolute Gasteiger partial charge is 0.244 e. The lowest BCUT2D eigenvalue weighted by Crippen LogP contribution is -2.38. The Balaban J connectivity index is 1.57. The van der Waals surface area contributed by atoms with Crippen molar-refractivity contribution < 1.29 is 9.53 Å². The van der Waals surface area contributed by atoms with E-state index in [2.05, 4.69) is 11.2 Å². The molecule has 0 spiro atoms. The molecule has 0 fully saturated rings. The molecule has 1 aromatic heterocycles.